The van der Waals surface area contributed by atoms with E-state index in [0.717, 1.165) is 5.69 Å². The van der Waals surface area contributed by atoms with E-state index >= 15 is 0 Å². The number of anilines is 2. The van der Waals surface area contributed by atoms with Crippen molar-refractivity contribution in [1.82, 2.24) is 4.57 Å². The number of aryl methyl sites for hydroxylation is 1. The first kappa shape index (κ1) is 13.9. The highest BCUT2D eigenvalue weighted by atomic mass is 16.1. The average Bonchev–Trinajstić information content (AvgIpc) is 2.43. The van der Waals surface area contributed by atoms with Crippen LogP contribution in [0.2, 0.25) is 0 Å². The third-order valence-corrected chi connectivity index (χ3v) is 2.99. The SMILES string of the molecule is CN(C)c1ccc(C(=O)Nc2ccc(=O)n(C)c2)cc1. The number of nitrogens with one attached hydrogen (secondary N) is 1. The van der Waals surface area contributed by atoms with Gasteiger partial charge in [0, 0.05) is 44.7 Å². The number of pyridine rings is 1. The van der Waals surface area contributed by atoms with Crippen LogP contribution < -0.4 is 15.8 Å². The normalized spacial score (nSPS) is 10.2. The van der Waals surface area contributed by atoms with E-state index in [1.54, 1.807) is 31.4 Å². The molecule has 0 aliphatic heterocycles. The molecule has 0 atom stereocenters. The lowest BCUT2D eigenvalue weighted by Crippen LogP contribution is -2.18. The van der Waals surface area contributed by atoms with Crippen molar-refractivity contribution in [3.8, 4) is 0 Å². The van der Waals surface area contributed by atoms with Gasteiger partial charge >= 0.3 is 0 Å². The number of nitrogens with zero attached hydrogens (tertiary/aromatic N) is 2. The smallest absolute Gasteiger partial charge is 0.255 e. The van der Waals surface area contributed by atoms with E-state index in [2.05, 4.69) is 5.32 Å². The molecule has 20 heavy (non-hydrogen) atoms. The number of hydrogen-bond acceptors (Lipinski definition) is 3. The van der Waals surface area contributed by atoms with E-state index in [1.807, 2.05) is 31.1 Å². The minimum Gasteiger partial charge on any atom is -0.378 e. The molecule has 2 rings (SSSR count). The van der Waals surface area contributed by atoms with E-state index in [9.17, 15) is 9.59 Å². The van der Waals surface area contributed by atoms with E-state index in [0.29, 0.717) is 11.3 Å². The lowest BCUT2D eigenvalue weighted by molar-refractivity contribution is 0.102. The highest BCUT2D eigenvalue weighted by molar-refractivity contribution is 6.04. The predicted molar refractivity (Wildman–Crippen MR) is 80.4 cm³/mol. The van der Waals surface area contributed by atoms with Gasteiger partial charge in [0.2, 0.25) is 5.56 Å². The molecule has 0 aliphatic carbocycles. The molecule has 0 fully saturated rings. The van der Waals surface area contributed by atoms with Crippen molar-refractivity contribution in [2.75, 3.05) is 24.3 Å². The second-order valence-corrected chi connectivity index (χ2v) is 4.76. The molecule has 0 radical (unpaired) electrons. The first-order chi connectivity index (χ1) is 9.47. The average molecular weight is 271 g/mol. The topological polar surface area (TPSA) is 54.3 Å². The summed E-state index contributed by atoms with van der Waals surface area (Å²) in [5.41, 5.74) is 2.08. The monoisotopic (exact) mass is 271 g/mol. The highest BCUT2D eigenvalue weighted by Crippen LogP contribution is 2.13. The quantitative estimate of drug-likeness (QED) is 0.924. The van der Waals surface area contributed by atoms with Crippen molar-refractivity contribution in [3.63, 3.8) is 0 Å². The van der Waals surface area contributed by atoms with Crippen LogP contribution in [-0.2, 0) is 7.05 Å². The van der Waals surface area contributed by atoms with Gasteiger partial charge in [-0.25, -0.2) is 0 Å². The minimum absolute atomic E-state index is 0.113. The second-order valence-electron chi connectivity index (χ2n) is 4.76. The van der Waals surface area contributed by atoms with Crippen LogP contribution in [0.3, 0.4) is 0 Å². The summed E-state index contributed by atoms with van der Waals surface area (Å²) in [5, 5.41) is 2.76. The summed E-state index contributed by atoms with van der Waals surface area (Å²) in [7, 11) is 5.53. The van der Waals surface area contributed by atoms with Gasteiger partial charge in [-0.15, -0.1) is 0 Å². The predicted octanol–water partition coefficient (Wildman–Crippen LogP) is 1.70. The molecule has 5 nitrogen and oxygen atoms in total. The molecule has 0 spiro atoms. The zero-order valence-electron chi connectivity index (χ0n) is 11.8. The first-order valence-electron chi connectivity index (χ1n) is 6.23. The van der Waals surface area contributed by atoms with E-state index in [4.69, 9.17) is 0 Å². The maximum Gasteiger partial charge on any atom is 0.255 e. The van der Waals surface area contributed by atoms with Gasteiger partial charge in [0.15, 0.2) is 0 Å². The van der Waals surface area contributed by atoms with Crippen molar-refractivity contribution in [2.45, 2.75) is 0 Å². The lowest BCUT2D eigenvalue weighted by atomic mass is 10.2. The lowest BCUT2D eigenvalue weighted by Gasteiger charge is -2.12. The molecule has 0 bridgehead atoms. The largest absolute Gasteiger partial charge is 0.378 e. The Morgan fingerprint density at radius 1 is 1.10 bits per heavy atom. The number of carbonyl (C=O) groups is 1. The molecule has 1 N–H and O–H groups in total. The number of rotatable bonds is 3. The Kier molecular flexibility index (Phi) is 3.89. The number of benzene rings is 1. The summed E-state index contributed by atoms with van der Waals surface area (Å²) >= 11 is 0. The Labute approximate surface area is 117 Å². The Bertz CT molecular complexity index is 672. The third-order valence-electron chi connectivity index (χ3n) is 2.99. The van der Waals surface area contributed by atoms with Crippen LogP contribution in [0.1, 0.15) is 10.4 Å². The molecule has 1 amide bonds. The number of amides is 1. The van der Waals surface area contributed by atoms with Gasteiger partial charge in [0.05, 0.1) is 5.69 Å². The summed E-state index contributed by atoms with van der Waals surface area (Å²) in [6.45, 7) is 0. The van der Waals surface area contributed by atoms with Crippen LogP contribution in [-0.4, -0.2) is 24.6 Å². The minimum atomic E-state index is -0.200. The Morgan fingerprint density at radius 3 is 2.30 bits per heavy atom. The van der Waals surface area contributed by atoms with Gasteiger partial charge in [-0.3, -0.25) is 9.59 Å². The van der Waals surface area contributed by atoms with Gasteiger partial charge in [0.25, 0.3) is 5.91 Å². The summed E-state index contributed by atoms with van der Waals surface area (Å²) in [6.07, 6.45) is 1.59. The van der Waals surface area contributed by atoms with Crippen molar-refractivity contribution >= 4 is 17.3 Å². The van der Waals surface area contributed by atoms with Crippen LogP contribution in [0, 0.1) is 0 Å². The zero-order valence-corrected chi connectivity index (χ0v) is 11.8. The molecule has 1 aromatic heterocycles. The fourth-order valence-corrected chi connectivity index (χ4v) is 1.78. The van der Waals surface area contributed by atoms with Gasteiger partial charge in [0.1, 0.15) is 0 Å². The van der Waals surface area contributed by atoms with Crippen LogP contribution in [0.4, 0.5) is 11.4 Å². The second kappa shape index (κ2) is 5.61. The summed E-state index contributed by atoms with van der Waals surface area (Å²) in [5.74, 6) is -0.200. The molecule has 0 saturated heterocycles. The Morgan fingerprint density at radius 2 is 1.75 bits per heavy atom. The van der Waals surface area contributed by atoms with E-state index in [-0.39, 0.29) is 11.5 Å². The summed E-state index contributed by atoms with van der Waals surface area (Å²) in [6, 6.07) is 10.3. The van der Waals surface area contributed by atoms with Crippen molar-refractivity contribution in [2.24, 2.45) is 7.05 Å². The molecule has 2 aromatic rings. The standard InChI is InChI=1S/C15H17N3O2/c1-17(2)13-7-4-11(5-8-13)15(20)16-12-6-9-14(19)18(3)10-12/h4-10H,1-3H3,(H,16,20). The van der Waals surface area contributed by atoms with Crippen LogP contribution in [0.25, 0.3) is 0 Å². The third kappa shape index (κ3) is 3.06. The maximum absolute atomic E-state index is 12.1. The first-order valence-corrected chi connectivity index (χ1v) is 6.23. The van der Waals surface area contributed by atoms with Gasteiger partial charge < -0.3 is 14.8 Å². The molecule has 104 valence electrons. The molecule has 5 heteroatoms. The molecular formula is C15H17N3O2. The Balaban J connectivity index is 2.15. The summed E-state index contributed by atoms with van der Waals surface area (Å²) in [4.78, 5) is 25.3. The van der Waals surface area contributed by atoms with Crippen LogP contribution in [0.15, 0.2) is 47.4 Å². The molecule has 1 heterocycles. The summed E-state index contributed by atoms with van der Waals surface area (Å²) < 4.78 is 1.42. The number of aromatic nitrogens is 1. The molecule has 0 aliphatic rings. The van der Waals surface area contributed by atoms with Crippen LogP contribution >= 0.6 is 0 Å². The van der Waals surface area contributed by atoms with Gasteiger partial charge in [-0.1, -0.05) is 0 Å². The van der Waals surface area contributed by atoms with Crippen molar-refractivity contribution in [3.05, 3.63) is 58.5 Å². The number of hydrogen-bond donors (Lipinski definition) is 1. The maximum atomic E-state index is 12.1. The molecular weight excluding hydrogens is 254 g/mol. The fraction of sp³-hybridized carbons (Fsp3) is 0.200. The van der Waals surface area contributed by atoms with E-state index < -0.39 is 0 Å². The van der Waals surface area contributed by atoms with Crippen molar-refractivity contribution < 1.29 is 4.79 Å². The van der Waals surface area contributed by atoms with Crippen molar-refractivity contribution in [1.29, 1.82) is 0 Å². The van der Waals surface area contributed by atoms with E-state index in [1.165, 1.54) is 10.6 Å². The highest BCUT2D eigenvalue weighted by Gasteiger charge is 2.07. The van der Waals surface area contributed by atoms with Gasteiger partial charge in [-0.2, -0.15) is 0 Å². The molecule has 1 aromatic carbocycles. The molecule has 0 unspecified atom stereocenters. The molecule has 0 saturated carbocycles. The Hall–Kier alpha value is -2.56. The number of carbonyl (C=O) groups excluding carboxylic acids is 1. The van der Waals surface area contributed by atoms with Gasteiger partial charge in [-0.05, 0) is 30.3 Å². The zero-order chi connectivity index (χ0) is 14.7. The van der Waals surface area contributed by atoms with Crippen LogP contribution in [0.5, 0.6) is 0 Å². The fourth-order valence-electron chi connectivity index (χ4n) is 1.78.